The molecule has 2 heterocycles. The molecule has 0 saturated carbocycles. The second-order valence-corrected chi connectivity index (χ2v) is 6.52. The van der Waals surface area contributed by atoms with Crippen molar-refractivity contribution in [2.45, 2.75) is 6.61 Å². The number of hydrogen-bond donors (Lipinski definition) is 1. The van der Waals surface area contributed by atoms with Crippen molar-refractivity contribution in [3.05, 3.63) is 89.4 Å². The van der Waals surface area contributed by atoms with Crippen LogP contribution in [-0.4, -0.2) is 24.3 Å². The lowest BCUT2D eigenvalue weighted by Gasteiger charge is -2.08. The van der Waals surface area contributed by atoms with Gasteiger partial charge in [0.25, 0.3) is 5.91 Å². The molecule has 1 aliphatic heterocycles. The summed E-state index contributed by atoms with van der Waals surface area (Å²) in [6.45, 7) is 0.00829. The topological polar surface area (TPSA) is 94.8 Å². The van der Waals surface area contributed by atoms with Gasteiger partial charge in [0.1, 0.15) is 18.1 Å². The van der Waals surface area contributed by atoms with Crippen molar-refractivity contribution in [3.63, 3.8) is 0 Å². The first kappa shape index (κ1) is 19.2. The largest absolute Gasteiger partial charge is 0.484 e. The molecule has 1 aromatic heterocycles. The van der Waals surface area contributed by atoms with Crippen LogP contribution < -0.4 is 10.1 Å². The number of cyclic esters (lactones) is 1. The van der Waals surface area contributed by atoms with Gasteiger partial charge in [-0.3, -0.25) is 9.59 Å². The minimum atomic E-state index is -0.357. The van der Waals surface area contributed by atoms with E-state index in [-0.39, 0.29) is 30.9 Å². The van der Waals surface area contributed by atoms with E-state index in [1.54, 1.807) is 60.7 Å². The van der Waals surface area contributed by atoms with E-state index in [0.717, 1.165) is 5.56 Å². The molecule has 3 aromatic rings. The first-order chi connectivity index (χ1) is 14.6. The Labute approximate surface area is 171 Å². The first-order valence-corrected chi connectivity index (χ1v) is 9.17. The smallest absolute Gasteiger partial charge is 0.338 e. The van der Waals surface area contributed by atoms with Crippen LogP contribution in [0.5, 0.6) is 5.75 Å². The second-order valence-electron chi connectivity index (χ2n) is 6.52. The van der Waals surface area contributed by atoms with E-state index < -0.39 is 0 Å². The molecule has 0 fully saturated rings. The number of hydrogen-bond acceptors (Lipinski definition) is 6. The predicted molar refractivity (Wildman–Crippen MR) is 108 cm³/mol. The van der Waals surface area contributed by atoms with Crippen LogP contribution in [0.4, 0.5) is 5.69 Å². The molecule has 7 heteroatoms. The van der Waals surface area contributed by atoms with Gasteiger partial charge in [-0.25, -0.2) is 4.79 Å². The Hall–Kier alpha value is -4.13. The number of anilines is 1. The van der Waals surface area contributed by atoms with Crippen molar-refractivity contribution in [1.82, 2.24) is 0 Å². The van der Waals surface area contributed by atoms with E-state index in [9.17, 15) is 14.4 Å². The maximum absolute atomic E-state index is 12.2. The molecule has 1 N–H and O–H groups in total. The van der Waals surface area contributed by atoms with E-state index in [1.807, 2.05) is 0 Å². The molecule has 4 rings (SSSR count). The molecule has 1 aliphatic rings. The quantitative estimate of drug-likeness (QED) is 0.366. The molecular weight excluding hydrogens is 386 g/mol. The number of ether oxygens (including phenoxy) is 2. The van der Waals surface area contributed by atoms with E-state index >= 15 is 0 Å². The van der Waals surface area contributed by atoms with Gasteiger partial charge in [0.05, 0.1) is 11.8 Å². The maximum Gasteiger partial charge on any atom is 0.338 e. The van der Waals surface area contributed by atoms with Crippen molar-refractivity contribution in [2.75, 3.05) is 11.9 Å². The zero-order chi connectivity index (χ0) is 20.9. The number of fused-ring (bicyclic) bond motifs is 1. The SMILES string of the molecule is O=C(COc1ccc(C(=O)/C=C/c2ccco2)cc1)Nc1ccc2c(c1)COC2=O. The fourth-order valence-electron chi connectivity index (χ4n) is 2.91. The highest BCUT2D eigenvalue weighted by molar-refractivity contribution is 6.06. The lowest BCUT2D eigenvalue weighted by atomic mass is 10.1. The summed E-state index contributed by atoms with van der Waals surface area (Å²) in [5.74, 6) is 0.183. The number of esters is 1. The number of rotatable bonds is 7. The normalized spacial score (nSPS) is 12.5. The summed E-state index contributed by atoms with van der Waals surface area (Å²) >= 11 is 0. The first-order valence-electron chi connectivity index (χ1n) is 9.17. The van der Waals surface area contributed by atoms with Crippen LogP contribution >= 0.6 is 0 Å². The van der Waals surface area contributed by atoms with Gasteiger partial charge in [-0.1, -0.05) is 0 Å². The molecule has 0 saturated heterocycles. The van der Waals surface area contributed by atoms with Crippen molar-refractivity contribution in [3.8, 4) is 5.75 Å². The zero-order valence-electron chi connectivity index (χ0n) is 15.8. The third-order valence-corrected chi connectivity index (χ3v) is 4.42. The zero-order valence-corrected chi connectivity index (χ0v) is 15.8. The van der Waals surface area contributed by atoms with Crippen LogP contribution in [0, 0.1) is 0 Å². The minimum absolute atomic E-state index is 0.172. The summed E-state index contributed by atoms with van der Waals surface area (Å²) in [6, 6.07) is 15.0. The summed E-state index contributed by atoms with van der Waals surface area (Å²) < 4.78 is 15.6. The number of carbonyl (C=O) groups excluding carboxylic acids is 3. The maximum atomic E-state index is 12.2. The number of furan rings is 1. The number of benzene rings is 2. The van der Waals surface area contributed by atoms with Gasteiger partial charge in [-0.15, -0.1) is 0 Å². The van der Waals surface area contributed by atoms with Gasteiger partial charge in [0, 0.05) is 16.8 Å². The molecule has 150 valence electrons. The van der Waals surface area contributed by atoms with Gasteiger partial charge in [0.15, 0.2) is 12.4 Å². The Kier molecular flexibility index (Phi) is 5.43. The van der Waals surface area contributed by atoms with Crippen molar-refractivity contribution in [2.24, 2.45) is 0 Å². The molecule has 30 heavy (non-hydrogen) atoms. The Balaban J connectivity index is 1.29. The van der Waals surface area contributed by atoms with E-state index in [4.69, 9.17) is 13.9 Å². The van der Waals surface area contributed by atoms with Gasteiger partial charge in [-0.05, 0) is 66.7 Å². The fraction of sp³-hybridized carbons (Fsp3) is 0.0870. The van der Waals surface area contributed by atoms with E-state index in [1.165, 1.54) is 12.3 Å². The highest BCUT2D eigenvalue weighted by atomic mass is 16.5. The summed E-state index contributed by atoms with van der Waals surface area (Å²) in [6.07, 6.45) is 4.56. The third kappa shape index (κ3) is 4.47. The van der Waals surface area contributed by atoms with Crippen LogP contribution in [-0.2, 0) is 16.1 Å². The van der Waals surface area contributed by atoms with Gasteiger partial charge >= 0.3 is 5.97 Å². The van der Waals surface area contributed by atoms with Crippen molar-refractivity contribution < 1.29 is 28.3 Å². The molecular formula is C23H17NO6. The van der Waals surface area contributed by atoms with E-state index in [0.29, 0.717) is 28.3 Å². The van der Waals surface area contributed by atoms with Crippen molar-refractivity contribution >= 4 is 29.4 Å². The number of ketones is 1. The molecule has 0 bridgehead atoms. The fourth-order valence-corrected chi connectivity index (χ4v) is 2.91. The molecule has 7 nitrogen and oxygen atoms in total. The van der Waals surface area contributed by atoms with Gasteiger partial charge in [0.2, 0.25) is 0 Å². The molecule has 1 amide bonds. The molecule has 0 spiro atoms. The van der Waals surface area contributed by atoms with E-state index in [2.05, 4.69) is 5.32 Å². The summed E-state index contributed by atoms with van der Waals surface area (Å²) in [7, 11) is 0. The minimum Gasteiger partial charge on any atom is -0.484 e. The lowest BCUT2D eigenvalue weighted by molar-refractivity contribution is -0.118. The Morgan fingerprint density at radius 2 is 1.93 bits per heavy atom. The number of nitrogens with one attached hydrogen (secondary N) is 1. The van der Waals surface area contributed by atoms with Gasteiger partial charge in [-0.2, -0.15) is 0 Å². The average Bonchev–Trinajstić information content (AvgIpc) is 3.41. The standard InChI is InChI=1S/C23H17NO6/c25-21(10-8-18-2-1-11-28-18)15-3-6-19(7-4-15)29-14-22(26)24-17-5-9-20-16(12-17)13-30-23(20)27/h1-12H,13-14H2,(H,24,26)/b10-8+. The number of allylic oxidation sites excluding steroid dienone is 1. The summed E-state index contributed by atoms with van der Waals surface area (Å²) in [4.78, 5) is 35.7. The van der Waals surface area contributed by atoms with Gasteiger partial charge < -0.3 is 19.2 Å². The average molecular weight is 403 g/mol. The van der Waals surface area contributed by atoms with Crippen LogP contribution in [0.1, 0.15) is 32.0 Å². The third-order valence-electron chi connectivity index (χ3n) is 4.42. The monoisotopic (exact) mass is 403 g/mol. The van der Waals surface area contributed by atoms with Crippen LogP contribution in [0.25, 0.3) is 6.08 Å². The van der Waals surface area contributed by atoms with Crippen LogP contribution in [0.3, 0.4) is 0 Å². The summed E-state index contributed by atoms with van der Waals surface area (Å²) in [5, 5.41) is 2.71. The number of carbonyl (C=O) groups is 3. The Morgan fingerprint density at radius 1 is 1.10 bits per heavy atom. The summed E-state index contributed by atoms with van der Waals surface area (Å²) in [5.41, 5.74) is 2.30. The predicted octanol–water partition coefficient (Wildman–Crippen LogP) is 3.86. The number of amides is 1. The Morgan fingerprint density at radius 3 is 2.70 bits per heavy atom. The highest BCUT2D eigenvalue weighted by Crippen LogP contribution is 2.23. The highest BCUT2D eigenvalue weighted by Gasteiger charge is 2.21. The second kappa shape index (κ2) is 8.48. The lowest BCUT2D eigenvalue weighted by Crippen LogP contribution is -2.20. The molecule has 0 unspecified atom stereocenters. The van der Waals surface area contributed by atoms with Crippen LogP contribution in [0.15, 0.2) is 71.4 Å². The molecule has 0 aliphatic carbocycles. The molecule has 0 atom stereocenters. The Bertz CT molecular complexity index is 1110. The van der Waals surface area contributed by atoms with Crippen LogP contribution in [0.2, 0.25) is 0 Å². The van der Waals surface area contributed by atoms with Crippen molar-refractivity contribution in [1.29, 1.82) is 0 Å². The molecule has 2 aromatic carbocycles. The molecule has 0 radical (unpaired) electrons.